The Kier molecular flexibility index (Phi) is 5.98. The van der Waals surface area contributed by atoms with Crippen LogP contribution >= 0.6 is 0 Å². The number of carbonyl (C=O) groups is 2. The maximum atomic E-state index is 12.5. The van der Waals surface area contributed by atoms with E-state index < -0.39 is 6.10 Å². The van der Waals surface area contributed by atoms with E-state index >= 15 is 0 Å². The Balaban J connectivity index is 1.94. The van der Waals surface area contributed by atoms with Gasteiger partial charge in [0.25, 0.3) is 5.91 Å². The number of hydrogen-bond acceptors (Lipinski definition) is 4. The summed E-state index contributed by atoms with van der Waals surface area (Å²) >= 11 is 0. The van der Waals surface area contributed by atoms with Gasteiger partial charge in [0.2, 0.25) is 5.91 Å². The summed E-state index contributed by atoms with van der Waals surface area (Å²) in [5, 5.41) is 0. The van der Waals surface area contributed by atoms with Crippen LogP contribution in [0.15, 0.2) is 24.3 Å². The first kappa shape index (κ1) is 17.3. The summed E-state index contributed by atoms with van der Waals surface area (Å²) in [5.74, 6) is 5.30. The minimum atomic E-state index is -0.581. The minimum Gasteiger partial charge on any atom is -0.481 e. The number of hydrogen-bond donors (Lipinski definition) is 2. The predicted molar refractivity (Wildman–Crippen MR) is 87.5 cm³/mol. The highest BCUT2D eigenvalue weighted by molar-refractivity contribution is 5.83. The molecular formula is C17H25N3O3. The lowest BCUT2D eigenvalue weighted by Crippen LogP contribution is -2.50. The molecule has 1 aromatic rings. The van der Waals surface area contributed by atoms with Crippen LogP contribution in [-0.4, -0.2) is 35.9 Å². The molecule has 6 heteroatoms. The zero-order valence-electron chi connectivity index (χ0n) is 13.7. The van der Waals surface area contributed by atoms with Gasteiger partial charge < -0.3 is 9.64 Å². The number of likely N-dealkylation sites (tertiary alicyclic amines) is 1. The second-order valence-electron chi connectivity index (χ2n) is 5.89. The van der Waals surface area contributed by atoms with Crippen LogP contribution in [-0.2, 0) is 16.0 Å². The van der Waals surface area contributed by atoms with Gasteiger partial charge in [-0.1, -0.05) is 19.1 Å². The molecular weight excluding hydrogens is 294 g/mol. The standard InChI is InChI=1S/C17H25N3O3/c1-3-13-6-8-15(9-7-13)23-12(2)17(22)20-10-4-5-14(11-20)16(21)19-18/h6-9,12,14H,3-5,10-11,18H2,1-2H3,(H,19,21). The number of benzene rings is 1. The van der Waals surface area contributed by atoms with Crippen molar-refractivity contribution in [1.82, 2.24) is 10.3 Å². The average Bonchev–Trinajstić information content (AvgIpc) is 2.61. The molecule has 2 unspecified atom stereocenters. The highest BCUT2D eigenvalue weighted by Gasteiger charge is 2.30. The van der Waals surface area contributed by atoms with E-state index in [2.05, 4.69) is 12.3 Å². The summed E-state index contributed by atoms with van der Waals surface area (Å²) < 4.78 is 5.73. The van der Waals surface area contributed by atoms with Crippen LogP contribution in [0.4, 0.5) is 0 Å². The number of amides is 2. The zero-order valence-corrected chi connectivity index (χ0v) is 13.7. The molecule has 1 aromatic carbocycles. The molecule has 1 fully saturated rings. The number of nitrogens with one attached hydrogen (secondary N) is 1. The quantitative estimate of drug-likeness (QED) is 0.486. The van der Waals surface area contributed by atoms with Crippen LogP contribution in [0.1, 0.15) is 32.3 Å². The molecule has 2 rings (SSSR count). The maximum Gasteiger partial charge on any atom is 0.263 e. The van der Waals surface area contributed by atoms with Crippen LogP contribution in [0, 0.1) is 5.92 Å². The molecule has 1 aliphatic heterocycles. The Hall–Kier alpha value is -2.08. The molecule has 1 aliphatic rings. The Morgan fingerprint density at radius 3 is 2.70 bits per heavy atom. The largest absolute Gasteiger partial charge is 0.481 e. The van der Waals surface area contributed by atoms with Crippen molar-refractivity contribution in [3.8, 4) is 5.75 Å². The fourth-order valence-electron chi connectivity index (χ4n) is 2.82. The summed E-state index contributed by atoms with van der Waals surface area (Å²) in [6.45, 7) is 4.87. The second kappa shape index (κ2) is 7.97. The first-order valence-corrected chi connectivity index (χ1v) is 8.10. The summed E-state index contributed by atoms with van der Waals surface area (Å²) in [6.07, 6.45) is 1.93. The fraction of sp³-hybridized carbons (Fsp3) is 0.529. The van der Waals surface area contributed by atoms with E-state index in [1.54, 1.807) is 11.8 Å². The van der Waals surface area contributed by atoms with Crippen molar-refractivity contribution in [1.29, 1.82) is 0 Å². The molecule has 2 amide bonds. The van der Waals surface area contributed by atoms with Crippen molar-refractivity contribution in [3.63, 3.8) is 0 Å². The number of hydrazine groups is 1. The number of ether oxygens (including phenoxy) is 1. The van der Waals surface area contributed by atoms with Gasteiger partial charge in [-0.25, -0.2) is 5.84 Å². The van der Waals surface area contributed by atoms with Gasteiger partial charge in [0.15, 0.2) is 6.10 Å². The molecule has 6 nitrogen and oxygen atoms in total. The number of piperidine rings is 1. The molecule has 1 heterocycles. The lowest BCUT2D eigenvalue weighted by Gasteiger charge is -2.33. The summed E-state index contributed by atoms with van der Waals surface area (Å²) in [5.41, 5.74) is 3.39. The molecule has 3 N–H and O–H groups in total. The fourth-order valence-corrected chi connectivity index (χ4v) is 2.82. The second-order valence-corrected chi connectivity index (χ2v) is 5.89. The van der Waals surface area contributed by atoms with E-state index in [-0.39, 0.29) is 17.7 Å². The van der Waals surface area contributed by atoms with Crippen molar-refractivity contribution in [2.45, 2.75) is 39.2 Å². The van der Waals surface area contributed by atoms with Crippen molar-refractivity contribution in [2.75, 3.05) is 13.1 Å². The first-order chi connectivity index (χ1) is 11.0. The van der Waals surface area contributed by atoms with Crippen LogP contribution < -0.4 is 16.0 Å². The normalized spacial score (nSPS) is 19.1. The molecule has 1 saturated heterocycles. The Labute approximate surface area is 136 Å². The van der Waals surface area contributed by atoms with Gasteiger partial charge in [-0.05, 0) is 43.9 Å². The van der Waals surface area contributed by atoms with Crippen LogP contribution in [0.3, 0.4) is 0 Å². The predicted octanol–water partition coefficient (Wildman–Crippen LogP) is 1.24. The van der Waals surface area contributed by atoms with Gasteiger partial charge in [-0.2, -0.15) is 0 Å². The zero-order chi connectivity index (χ0) is 16.8. The number of nitrogens with zero attached hydrogens (tertiary/aromatic N) is 1. The third-order valence-corrected chi connectivity index (χ3v) is 4.24. The van der Waals surface area contributed by atoms with Gasteiger partial charge in [-0.3, -0.25) is 15.0 Å². The highest BCUT2D eigenvalue weighted by Crippen LogP contribution is 2.19. The summed E-state index contributed by atoms with van der Waals surface area (Å²) in [7, 11) is 0. The van der Waals surface area contributed by atoms with E-state index in [0.29, 0.717) is 18.8 Å². The minimum absolute atomic E-state index is 0.0981. The average molecular weight is 319 g/mol. The van der Waals surface area contributed by atoms with E-state index in [9.17, 15) is 9.59 Å². The number of nitrogens with two attached hydrogens (primary N) is 1. The smallest absolute Gasteiger partial charge is 0.263 e. The third kappa shape index (κ3) is 4.45. The van der Waals surface area contributed by atoms with E-state index in [1.165, 1.54) is 5.56 Å². The lowest BCUT2D eigenvalue weighted by atomic mass is 9.97. The van der Waals surface area contributed by atoms with E-state index in [1.807, 2.05) is 24.3 Å². The van der Waals surface area contributed by atoms with Gasteiger partial charge >= 0.3 is 0 Å². The van der Waals surface area contributed by atoms with Crippen molar-refractivity contribution in [2.24, 2.45) is 11.8 Å². The number of carbonyl (C=O) groups excluding carboxylic acids is 2. The molecule has 0 saturated carbocycles. The van der Waals surface area contributed by atoms with Gasteiger partial charge in [0.1, 0.15) is 5.75 Å². The molecule has 0 aliphatic carbocycles. The van der Waals surface area contributed by atoms with E-state index in [4.69, 9.17) is 10.6 Å². The van der Waals surface area contributed by atoms with Crippen molar-refractivity contribution < 1.29 is 14.3 Å². The Morgan fingerprint density at radius 1 is 1.39 bits per heavy atom. The molecule has 0 bridgehead atoms. The molecule has 2 atom stereocenters. The van der Waals surface area contributed by atoms with Gasteiger partial charge in [0, 0.05) is 13.1 Å². The Bertz CT molecular complexity index is 545. The lowest BCUT2D eigenvalue weighted by molar-refractivity contribution is -0.141. The summed E-state index contributed by atoms with van der Waals surface area (Å²) in [6, 6.07) is 7.75. The maximum absolute atomic E-state index is 12.5. The topological polar surface area (TPSA) is 84.7 Å². The molecule has 0 radical (unpaired) electrons. The van der Waals surface area contributed by atoms with Gasteiger partial charge in [-0.15, -0.1) is 0 Å². The summed E-state index contributed by atoms with van der Waals surface area (Å²) in [4.78, 5) is 25.9. The molecule has 126 valence electrons. The van der Waals surface area contributed by atoms with Crippen LogP contribution in [0.2, 0.25) is 0 Å². The van der Waals surface area contributed by atoms with E-state index in [0.717, 1.165) is 19.3 Å². The van der Waals surface area contributed by atoms with Gasteiger partial charge in [0.05, 0.1) is 5.92 Å². The monoisotopic (exact) mass is 319 g/mol. The van der Waals surface area contributed by atoms with Crippen LogP contribution in [0.5, 0.6) is 5.75 Å². The Morgan fingerprint density at radius 2 is 2.09 bits per heavy atom. The third-order valence-electron chi connectivity index (χ3n) is 4.24. The first-order valence-electron chi connectivity index (χ1n) is 8.10. The van der Waals surface area contributed by atoms with Crippen molar-refractivity contribution in [3.05, 3.63) is 29.8 Å². The number of rotatable bonds is 5. The number of aryl methyl sites for hydroxylation is 1. The molecule has 0 spiro atoms. The van der Waals surface area contributed by atoms with Crippen molar-refractivity contribution >= 4 is 11.8 Å². The SMILES string of the molecule is CCc1ccc(OC(C)C(=O)N2CCCC(C(=O)NN)C2)cc1. The molecule has 23 heavy (non-hydrogen) atoms. The highest BCUT2D eigenvalue weighted by atomic mass is 16.5. The van der Waals surface area contributed by atoms with Crippen LogP contribution in [0.25, 0.3) is 0 Å². The molecule has 0 aromatic heterocycles.